The zero-order chi connectivity index (χ0) is 11.8. The molecule has 2 nitrogen and oxygen atoms in total. The summed E-state index contributed by atoms with van der Waals surface area (Å²) in [4.78, 5) is 10.7. The maximum atomic E-state index is 10.7. The van der Waals surface area contributed by atoms with Crippen LogP contribution >= 0.6 is 20.4 Å². The number of rotatable bonds is 7. The summed E-state index contributed by atoms with van der Waals surface area (Å²) in [5.41, 5.74) is 1.20. The van der Waals surface area contributed by atoms with Crippen molar-refractivity contribution in [1.29, 1.82) is 0 Å². The molecule has 0 aromatic carbocycles. The Hall–Kier alpha value is -0.170. The first-order chi connectivity index (χ1) is 7.77. The predicted molar refractivity (Wildman–Crippen MR) is 70.2 cm³/mol. The summed E-state index contributed by atoms with van der Waals surface area (Å²) in [7, 11) is 0.514. The van der Waals surface area contributed by atoms with Gasteiger partial charge in [-0.25, -0.2) is 0 Å². The number of hydrogen-bond donors (Lipinski definition) is 0. The van der Waals surface area contributed by atoms with Crippen LogP contribution in [0.4, 0.5) is 0 Å². The number of carbonyl (C=O) groups is 1. The Morgan fingerprint density at radius 1 is 1.69 bits per heavy atom. The van der Waals surface area contributed by atoms with Gasteiger partial charge in [-0.15, -0.1) is 0 Å². The van der Waals surface area contributed by atoms with Gasteiger partial charge in [0.2, 0.25) is 0 Å². The molecule has 90 valence electrons. The minimum Gasteiger partial charge on any atom is -0.363 e. The van der Waals surface area contributed by atoms with Crippen LogP contribution in [0.25, 0.3) is 0 Å². The SMILES string of the molecule is CPOCC[C@@H](CC=O)C1=CCCC(Cl)=C1. The molecule has 0 heterocycles. The van der Waals surface area contributed by atoms with Gasteiger partial charge in [0.25, 0.3) is 0 Å². The van der Waals surface area contributed by atoms with E-state index in [9.17, 15) is 4.79 Å². The molecule has 0 spiro atoms. The first kappa shape index (κ1) is 13.9. The van der Waals surface area contributed by atoms with Gasteiger partial charge in [-0.05, 0) is 43.5 Å². The first-order valence-electron chi connectivity index (χ1n) is 5.56. The first-order valence-corrected chi connectivity index (χ1v) is 7.34. The quantitative estimate of drug-likeness (QED) is 0.397. The minimum absolute atomic E-state index is 0.267. The van der Waals surface area contributed by atoms with Crippen molar-refractivity contribution in [1.82, 2.24) is 0 Å². The average Bonchev–Trinajstić information content (AvgIpc) is 2.28. The normalized spacial score (nSPS) is 18.4. The predicted octanol–water partition coefficient (Wildman–Crippen LogP) is 3.66. The van der Waals surface area contributed by atoms with E-state index in [0.717, 1.165) is 37.2 Å². The molecule has 1 rings (SSSR count). The summed E-state index contributed by atoms with van der Waals surface area (Å²) in [5, 5.41) is 0.895. The molecular weight excluding hydrogens is 243 g/mol. The molecule has 2 atom stereocenters. The lowest BCUT2D eigenvalue weighted by Crippen LogP contribution is -2.08. The Kier molecular flexibility index (Phi) is 6.95. The summed E-state index contributed by atoms with van der Waals surface area (Å²) in [5.74, 6) is 0.267. The van der Waals surface area contributed by atoms with E-state index in [1.807, 2.05) is 12.7 Å². The van der Waals surface area contributed by atoms with E-state index in [1.165, 1.54) is 5.57 Å². The van der Waals surface area contributed by atoms with E-state index in [0.29, 0.717) is 15.2 Å². The fourth-order valence-electron chi connectivity index (χ4n) is 1.81. The Morgan fingerprint density at radius 3 is 3.12 bits per heavy atom. The molecule has 0 radical (unpaired) electrons. The lowest BCUT2D eigenvalue weighted by molar-refractivity contribution is -0.108. The van der Waals surface area contributed by atoms with Crippen LogP contribution in [0.3, 0.4) is 0 Å². The molecule has 0 aromatic heterocycles. The van der Waals surface area contributed by atoms with Crippen LogP contribution in [-0.2, 0) is 9.32 Å². The minimum atomic E-state index is 0.267. The molecule has 1 unspecified atom stereocenters. The van der Waals surface area contributed by atoms with Crippen LogP contribution < -0.4 is 0 Å². The molecule has 0 bridgehead atoms. The molecular formula is C12H18ClO2P. The van der Waals surface area contributed by atoms with Crippen molar-refractivity contribution >= 4 is 26.7 Å². The average molecular weight is 261 g/mol. The molecule has 0 fully saturated rings. The van der Waals surface area contributed by atoms with Gasteiger partial charge in [-0.3, -0.25) is 0 Å². The highest BCUT2D eigenvalue weighted by molar-refractivity contribution is 7.31. The third kappa shape index (κ3) is 4.78. The summed E-state index contributed by atoms with van der Waals surface area (Å²) in [6.07, 6.45) is 8.54. The molecule has 1 aliphatic rings. The maximum absolute atomic E-state index is 10.7. The third-order valence-electron chi connectivity index (χ3n) is 2.65. The summed E-state index contributed by atoms with van der Waals surface area (Å²) >= 11 is 6.02. The fraction of sp³-hybridized carbons (Fsp3) is 0.583. The molecule has 0 saturated carbocycles. The largest absolute Gasteiger partial charge is 0.363 e. The van der Waals surface area contributed by atoms with Gasteiger partial charge in [-0.2, -0.15) is 0 Å². The Morgan fingerprint density at radius 2 is 2.50 bits per heavy atom. The molecule has 1 aliphatic carbocycles. The summed E-state index contributed by atoms with van der Waals surface area (Å²) < 4.78 is 5.36. The van der Waals surface area contributed by atoms with Crippen molar-refractivity contribution in [3.8, 4) is 0 Å². The highest BCUT2D eigenvalue weighted by Crippen LogP contribution is 2.28. The van der Waals surface area contributed by atoms with Crippen LogP contribution in [0, 0.1) is 5.92 Å². The van der Waals surface area contributed by atoms with Crippen molar-refractivity contribution in [3.05, 3.63) is 22.8 Å². The topological polar surface area (TPSA) is 26.3 Å². The van der Waals surface area contributed by atoms with Crippen molar-refractivity contribution in [2.24, 2.45) is 5.92 Å². The fourth-order valence-corrected chi connectivity index (χ4v) is 2.37. The number of allylic oxidation sites excluding steroid dienone is 4. The molecule has 0 N–H and O–H groups in total. The third-order valence-corrected chi connectivity index (χ3v) is 3.44. The van der Waals surface area contributed by atoms with E-state index in [4.69, 9.17) is 16.1 Å². The van der Waals surface area contributed by atoms with Crippen molar-refractivity contribution in [2.75, 3.05) is 13.3 Å². The van der Waals surface area contributed by atoms with E-state index in [1.54, 1.807) is 0 Å². The molecule has 0 aromatic rings. The summed E-state index contributed by atoms with van der Waals surface area (Å²) in [6, 6.07) is 0. The van der Waals surface area contributed by atoms with E-state index in [-0.39, 0.29) is 5.92 Å². The van der Waals surface area contributed by atoms with Gasteiger partial charge in [0.15, 0.2) is 0 Å². The maximum Gasteiger partial charge on any atom is 0.120 e. The van der Waals surface area contributed by atoms with Gasteiger partial charge in [-0.1, -0.05) is 17.7 Å². The second-order valence-electron chi connectivity index (χ2n) is 3.77. The summed E-state index contributed by atoms with van der Waals surface area (Å²) in [6.45, 7) is 2.72. The van der Waals surface area contributed by atoms with E-state index in [2.05, 4.69) is 6.08 Å². The number of halogens is 1. The highest BCUT2D eigenvalue weighted by Gasteiger charge is 2.15. The number of carbonyl (C=O) groups excluding carboxylic acids is 1. The van der Waals surface area contributed by atoms with Crippen LogP contribution in [0.1, 0.15) is 25.7 Å². The number of hydrogen-bond acceptors (Lipinski definition) is 2. The van der Waals surface area contributed by atoms with Gasteiger partial charge in [0, 0.05) is 20.3 Å². The second-order valence-corrected chi connectivity index (χ2v) is 4.96. The molecule has 0 aliphatic heterocycles. The lowest BCUT2D eigenvalue weighted by Gasteiger charge is -2.18. The molecule has 4 heteroatoms. The van der Waals surface area contributed by atoms with Gasteiger partial charge < -0.3 is 9.32 Å². The molecule has 0 amide bonds. The second kappa shape index (κ2) is 8.00. The highest BCUT2D eigenvalue weighted by atomic mass is 35.5. The van der Waals surface area contributed by atoms with Crippen molar-refractivity contribution in [3.63, 3.8) is 0 Å². The van der Waals surface area contributed by atoms with Gasteiger partial charge >= 0.3 is 0 Å². The standard InChI is InChI=1S/C12H18ClO2P/c1-16-15-8-6-10(5-7-14)11-3-2-4-12(13)9-11/h3,7,9-10,16H,2,4-6,8H2,1H3/t10-/m1/s1. The monoisotopic (exact) mass is 260 g/mol. The zero-order valence-corrected chi connectivity index (χ0v) is 11.3. The number of aldehydes is 1. The molecule has 16 heavy (non-hydrogen) atoms. The van der Waals surface area contributed by atoms with Gasteiger partial charge in [0.1, 0.15) is 6.29 Å². The zero-order valence-electron chi connectivity index (χ0n) is 9.54. The van der Waals surface area contributed by atoms with Gasteiger partial charge in [0.05, 0.1) is 6.61 Å². The van der Waals surface area contributed by atoms with E-state index < -0.39 is 0 Å². The van der Waals surface area contributed by atoms with Crippen LogP contribution in [0.15, 0.2) is 22.8 Å². The Balaban J connectivity index is 2.54. The van der Waals surface area contributed by atoms with Crippen molar-refractivity contribution in [2.45, 2.75) is 25.7 Å². The molecule has 0 saturated heterocycles. The lowest BCUT2D eigenvalue weighted by atomic mass is 9.89. The Labute approximate surface area is 104 Å². The van der Waals surface area contributed by atoms with Crippen molar-refractivity contribution < 1.29 is 9.32 Å². The smallest absolute Gasteiger partial charge is 0.120 e. The van der Waals surface area contributed by atoms with E-state index >= 15 is 0 Å². The van der Waals surface area contributed by atoms with Crippen LogP contribution in [0.2, 0.25) is 0 Å². The van der Waals surface area contributed by atoms with Crippen LogP contribution in [-0.4, -0.2) is 19.6 Å². The van der Waals surface area contributed by atoms with Crippen LogP contribution in [0.5, 0.6) is 0 Å². The Bertz CT molecular complexity index is 287.